The molecule has 0 radical (unpaired) electrons. The van der Waals surface area contributed by atoms with Crippen LogP contribution in [0.3, 0.4) is 0 Å². The zero-order valence-corrected chi connectivity index (χ0v) is 14.1. The van der Waals surface area contributed by atoms with Gasteiger partial charge in [0.05, 0.1) is 0 Å². The van der Waals surface area contributed by atoms with E-state index in [0.717, 1.165) is 24.3 Å². The summed E-state index contributed by atoms with van der Waals surface area (Å²) in [6.45, 7) is 2.09. The molecule has 0 aliphatic carbocycles. The molecule has 0 saturated carbocycles. The van der Waals surface area contributed by atoms with E-state index in [2.05, 4.69) is 20.5 Å². The minimum atomic E-state index is -0.221. The average Bonchev–Trinajstić information content (AvgIpc) is 2.54. The number of nitrogens with one attached hydrogen (secondary N) is 2. The van der Waals surface area contributed by atoms with E-state index < -0.39 is 0 Å². The van der Waals surface area contributed by atoms with Crippen molar-refractivity contribution in [2.75, 3.05) is 32.5 Å². The third-order valence-corrected chi connectivity index (χ3v) is 3.65. The summed E-state index contributed by atoms with van der Waals surface area (Å²) in [4.78, 5) is 18.4. The highest BCUT2D eigenvalue weighted by atomic mass is 35.5. The van der Waals surface area contributed by atoms with Crippen LogP contribution in [0.5, 0.6) is 0 Å². The second kappa shape index (κ2) is 8.50. The molecule has 0 unspecified atom stereocenters. The summed E-state index contributed by atoms with van der Waals surface area (Å²) in [5.74, 6) is -0.221. The number of carbonyl (C=O) groups excluding carboxylic acids is 1. The Kier molecular flexibility index (Phi) is 6.38. The van der Waals surface area contributed by atoms with Gasteiger partial charge in [0.15, 0.2) is 0 Å². The van der Waals surface area contributed by atoms with Crippen molar-refractivity contribution in [2.45, 2.75) is 6.54 Å². The number of benzene rings is 1. The van der Waals surface area contributed by atoms with Crippen molar-refractivity contribution in [3.05, 3.63) is 58.9 Å². The molecule has 0 fully saturated rings. The van der Waals surface area contributed by atoms with Crippen LogP contribution in [0.25, 0.3) is 0 Å². The highest BCUT2D eigenvalue weighted by molar-refractivity contribution is 6.31. The highest BCUT2D eigenvalue weighted by Crippen LogP contribution is 2.14. The van der Waals surface area contributed by atoms with Crippen LogP contribution in [0, 0.1) is 0 Å². The second-order valence-electron chi connectivity index (χ2n) is 5.43. The van der Waals surface area contributed by atoms with E-state index in [-0.39, 0.29) is 5.91 Å². The molecular formula is C17H21ClN4O. The summed E-state index contributed by atoms with van der Waals surface area (Å²) in [7, 11) is 4.03. The Labute approximate surface area is 141 Å². The Morgan fingerprint density at radius 3 is 2.78 bits per heavy atom. The van der Waals surface area contributed by atoms with Crippen LogP contribution >= 0.6 is 11.6 Å². The van der Waals surface area contributed by atoms with Gasteiger partial charge in [-0.2, -0.15) is 0 Å². The molecule has 0 spiro atoms. The quantitative estimate of drug-likeness (QED) is 0.818. The van der Waals surface area contributed by atoms with Gasteiger partial charge in [-0.25, -0.2) is 0 Å². The largest absolute Gasteiger partial charge is 0.384 e. The lowest BCUT2D eigenvalue weighted by Gasteiger charge is -2.12. The predicted octanol–water partition coefficient (Wildman–Crippen LogP) is 2.64. The van der Waals surface area contributed by atoms with E-state index in [0.29, 0.717) is 17.3 Å². The highest BCUT2D eigenvalue weighted by Gasteiger charge is 2.08. The van der Waals surface area contributed by atoms with Crippen LogP contribution in [0.1, 0.15) is 16.1 Å². The van der Waals surface area contributed by atoms with Gasteiger partial charge < -0.3 is 15.5 Å². The molecule has 1 aromatic heterocycles. The molecule has 0 aliphatic rings. The molecule has 2 aromatic rings. The topological polar surface area (TPSA) is 57.3 Å². The van der Waals surface area contributed by atoms with E-state index in [4.69, 9.17) is 11.6 Å². The third kappa shape index (κ3) is 5.54. The van der Waals surface area contributed by atoms with Gasteiger partial charge in [0.1, 0.15) is 5.69 Å². The molecule has 0 saturated heterocycles. The third-order valence-electron chi connectivity index (χ3n) is 3.28. The molecule has 23 heavy (non-hydrogen) atoms. The molecular weight excluding hydrogens is 312 g/mol. The smallest absolute Gasteiger partial charge is 0.270 e. The first-order valence-electron chi connectivity index (χ1n) is 7.42. The van der Waals surface area contributed by atoms with Crippen LogP contribution in [-0.4, -0.2) is 43.0 Å². The summed E-state index contributed by atoms with van der Waals surface area (Å²) in [6, 6.07) is 11.0. The van der Waals surface area contributed by atoms with Crippen molar-refractivity contribution in [2.24, 2.45) is 0 Å². The number of halogens is 1. The fourth-order valence-electron chi connectivity index (χ4n) is 2.00. The van der Waals surface area contributed by atoms with E-state index in [9.17, 15) is 4.79 Å². The summed E-state index contributed by atoms with van der Waals surface area (Å²) in [6.07, 6.45) is 1.63. The molecule has 2 rings (SSSR count). The monoisotopic (exact) mass is 332 g/mol. The fraction of sp³-hybridized carbons (Fsp3) is 0.294. The number of hydrogen-bond donors (Lipinski definition) is 2. The van der Waals surface area contributed by atoms with Crippen molar-refractivity contribution >= 4 is 23.2 Å². The Balaban J connectivity index is 1.93. The van der Waals surface area contributed by atoms with E-state index in [1.807, 2.05) is 38.4 Å². The van der Waals surface area contributed by atoms with Crippen LogP contribution < -0.4 is 10.6 Å². The lowest BCUT2D eigenvalue weighted by atomic mass is 10.2. The fourth-order valence-corrected chi connectivity index (χ4v) is 2.20. The number of hydrogen-bond acceptors (Lipinski definition) is 4. The molecule has 1 heterocycles. The normalized spacial score (nSPS) is 10.6. The van der Waals surface area contributed by atoms with Gasteiger partial charge in [0, 0.05) is 36.5 Å². The van der Waals surface area contributed by atoms with Gasteiger partial charge >= 0.3 is 0 Å². The number of aromatic nitrogens is 1. The molecule has 0 atom stereocenters. The molecule has 5 nitrogen and oxygen atoms in total. The van der Waals surface area contributed by atoms with Gasteiger partial charge in [-0.3, -0.25) is 9.78 Å². The average molecular weight is 333 g/mol. The zero-order chi connectivity index (χ0) is 16.7. The Morgan fingerprint density at radius 1 is 1.26 bits per heavy atom. The Hall–Kier alpha value is -2.11. The minimum absolute atomic E-state index is 0.221. The SMILES string of the molecule is CN(C)CCNc1ccnc(C(=O)NCc2ccccc2Cl)c1. The number of pyridine rings is 1. The van der Waals surface area contributed by atoms with Crippen molar-refractivity contribution in [3.63, 3.8) is 0 Å². The summed E-state index contributed by atoms with van der Waals surface area (Å²) >= 11 is 6.08. The molecule has 2 N–H and O–H groups in total. The number of amides is 1. The standard InChI is InChI=1S/C17H21ClN4O/c1-22(2)10-9-19-14-7-8-20-16(11-14)17(23)21-12-13-5-3-4-6-15(13)18/h3-8,11H,9-10,12H2,1-2H3,(H,19,20)(H,21,23). The maximum Gasteiger partial charge on any atom is 0.270 e. The van der Waals surface area contributed by atoms with Gasteiger partial charge in [-0.05, 0) is 37.9 Å². The summed E-state index contributed by atoms with van der Waals surface area (Å²) < 4.78 is 0. The lowest BCUT2D eigenvalue weighted by molar-refractivity contribution is 0.0946. The Bertz CT molecular complexity index is 661. The van der Waals surface area contributed by atoms with Crippen molar-refractivity contribution in [1.82, 2.24) is 15.2 Å². The number of likely N-dealkylation sites (N-methyl/N-ethyl adjacent to an activating group) is 1. The van der Waals surface area contributed by atoms with Gasteiger partial charge in [-0.1, -0.05) is 29.8 Å². The molecule has 0 aliphatic heterocycles. The van der Waals surface area contributed by atoms with Gasteiger partial charge in [-0.15, -0.1) is 0 Å². The number of rotatable bonds is 7. The Morgan fingerprint density at radius 2 is 2.04 bits per heavy atom. The molecule has 0 bridgehead atoms. The van der Waals surface area contributed by atoms with Crippen molar-refractivity contribution in [1.29, 1.82) is 0 Å². The van der Waals surface area contributed by atoms with E-state index in [1.54, 1.807) is 18.3 Å². The van der Waals surface area contributed by atoms with Gasteiger partial charge in [0.25, 0.3) is 5.91 Å². The molecule has 1 aromatic carbocycles. The maximum absolute atomic E-state index is 12.2. The first kappa shape index (κ1) is 17.2. The van der Waals surface area contributed by atoms with Gasteiger partial charge in [0.2, 0.25) is 0 Å². The lowest BCUT2D eigenvalue weighted by Crippen LogP contribution is -2.24. The molecule has 6 heteroatoms. The summed E-state index contributed by atoms with van der Waals surface area (Å²) in [5.41, 5.74) is 2.14. The van der Waals surface area contributed by atoms with Crippen LogP contribution in [-0.2, 0) is 6.54 Å². The van der Waals surface area contributed by atoms with Crippen LogP contribution in [0.2, 0.25) is 5.02 Å². The van der Waals surface area contributed by atoms with Crippen molar-refractivity contribution < 1.29 is 4.79 Å². The predicted molar refractivity (Wildman–Crippen MR) is 93.9 cm³/mol. The second-order valence-corrected chi connectivity index (χ2v) is 5.84. The number of anilines is 1. The van der Waals surface area contributed by atoms with E-state index in [1.165, 1.54) is 0 Å². The number of carbonyl (C=O) groups is 1. The minimum Gasteiger partial charge on any atom is -0.384 e. The van der Waals surface area contributed by atoms with E-state index >= 15 is 0 Å². The first-order valence-corrected chi connectivity index (χ1v) is 7.80. The summed E-state index contributed by atoms with van der Waals surface area (Å²) in [5, 5.41) is 6.75. The molecule has 122 valence electrons. The van der Waals surface area contributed by atoms with Crippen LogP contribution in [0.15, 0.2) is 42.6 Å². The first-order chi connectivity index (χ1) is 11.1. The number of nitrogens with zero attached hydrogens (tertiary/aromatic N) is 2. The maximum atomic E-state index is 12.2. The van der Waals surface area contributed by atoms with Crippen LogP contribution in [0.4, 0.5) is 5.69 Å². The van der Waals surface area contributed by atoms with Crippen molar-refractivity contribution in [3.8, 4) is 0 Å². The molecule has 1 amide bonds. The zero-order valence-electron chi connectivity index (χ0n) is 13.3.